The number of carbonyl (C=O) groups is 1. The lowest BCUT2D eigenvalue weighted by Crippen LogP contribution is -2.12. The van der Waals surface area contributed by atoms with Crippen molar-refractivity contribution in [2.45, 2.75) is 0 Å². The minimum absolute atomic E-state index is 0.498. The summed E-state index contributed by atoms with van der Waals surface area (Å²) in [5.74, 6) is -0.498. The summed E-state index contributed by atoms with van der Waals surface area (Å²) in [5.41, 5.74) is 1.42. The Morgan fingerprint density at radius 1 is 1.65 bits per heavy atom. The van der Waals surface area contributed by atoms with Crippen molar-refractivity contribution in [3.8, 4) is 0 Å². The van der Waals surface area contributed by atoms with E-state index in [0.717, 1.165) is 21.6 Å². The molecule has 1 aromatic heterocycles. The number of aromatic nitrogens is 2. The SMILES string of the molecule is Cn1cc2cc(NC(=O)/C=N/O)cc(Br)c2n1. The van der Waals surface area contributed by atoms with Gasteiger partial charge in [-0.05, 0) is 28.1 Å². The van der Waals surface area contributed by atoms with Crippen molar-refractivity contribution < 1.29 is 10.0 Å². The van der Waals surface area contributed by atoms with Crippen LogP contribution >= 0.6 is 15.9 Å². The monoisotopic (exact) mass is 296 g/mol. The number of halogens is 1. The van der Waals surface area contributed by atoms with Gasteiger partial charge in [0.05, 0.1) is 0 Å². The molecule has 17 heavy (non-hydrogen) atoms. The Morgan fingerprint density at radius 2 is 2.41 bits per heavy atom. The number of carbonyl (C=O) groups excluding carboxylic acids is 1. The van der Waals surface area contributed by atoms with Gasteiger partial charge in [-0.25, -0.2) is 0 Å². The van der Waals surface area contributed by atoms with Crippen LogP contribution in [0.4, 0.5) is 5.69 Å². The van der Waals surface area contributed by atoms with E-state index in [1.54, 1.807) is 16.8 Å². The molecule has 1 amide bonds. The van der Waals surface area contributed by atoms with Crippen molar-refractivity contribution in [3.63, 3.8) is 0 Å². The van der Waals surface area contributed by atoms with Crippen molar-refractivity contribution >= 4 is 44.6 Å². The summed E-state index contributed by atoms with van der Waals surface area (Å²) in [5, 5.41) is 18.6. The molecule has 0 saturated heterocycles. The van der Waals surface area contributed by atoms with E-state index in [-0.39, 0.29) is 0 Å². The molecule has 1 heterocycles. The first-order valence-electron chi connectivity index (χ1n) is 4.71. The molecule has 7 heteroatoms. The molecular weight excluding hydrogens is 288 g/mol. The standard InChI is InChI=1S/C10H9BrN4O2/c1-15-5-6-2-7(13-9(16)4-12-17)3-8(11)10(6)14-15/h2-5,17H,1H3,(H,13,16)/b12-4+. The fourth-order valence-electron chi connectivity index (χ4n) is 1.51. The number of aryl methyl sites for hydroxylation is 1. The Morgan fingerprint density at radius 3 is 3.12 bits per heavy atom. The molecule has 0 bridgehead atoms. The lowest BCUT2D eigenvalue weighted by atomic mass is 10.2. The average molecular weight is 297 g/mol. The third-order valence-corrected chi connectivity index (χ3v) is 2.72. The molecule has 6 nitrogen and oxygen atoms in total. The third kappa shape index (κ3) is 2.44. The number of rotatable bonds is 2. The third-order valence-electron chi connectivity index (χ3n) is 2.12. The van der Waals surface area contributed by atoms with Crippen LogP contribution in [0.3, 0.4) is 0 Å². The summed E-state index contributed by atoms with van der Waals surface area (Å²) in [6.45, 7) is 0. The van der Waals surface area contributed by atoms with Gasteiger partial charge in [-0.3, -0.25) is 9.48 Å². The molecule has 0 saturated carbocycles. The first-order chi connectivity index (χ1) is 8.10. The molecule has 0 atom stereocenters. The maximum absolute atomic E-state index is 11.2. The van der Waals surface area contributed by atoms with Crippen LogP contribution in [0.25, 0.3) is 10.9 Å². The molecule has 0 aliphatic heterocycles. The zero-order valence-corrected chi connectivity index (χ0v) is 10.5. The molecule has 2 aromatic rings. The molecule has 0 unspecified atom stereocenters. The largest absolute Gasteiger partial charge is 0.411 e. The van der Waals surface area contributed by atoms with Gasteiger partial charge in [0.15, 0.2) is 0 Å². The van der Waals surface area contributed by atoms with Crippen LogP contribution in [-0.4, -0.2) is 27.1 Å². The van der Waals surface area contributed by atoms with Crippen LogP contribution in [0, 0.1) is 0 Å². The van der Waals surface area contributed by atoms with Gasteiger partial charge in [0, 0.05) is 28.8 Å². The number of benzene rings is 1. The Labute approximate surface area is 105 Å². The van der Waals surface area contributed by atoms with E-state index in [9.17, 15) is 4.79 Å². The van der Waals surface area contributed by atoms with Crippen molar-refractivity contribution in [1.29, 1.82) is 0 Å². The Balaban J connectivity index is 2.39. The Bertz CT molecular complexity index is 606. The van der Waals surface area contributed by atoms with E-state index in [4.69, 9.17) is 5.21 Å². The second-order valence-corrected chi connectivity index (χ2v) is 4.29. The van der Waals surface area contributed by atoms with Crippen molar-refractivity contribution in [2.24, 2.45) is 12.2 Å². The summed E-state index contributed by atoms with van der Waals surface area (Å²) in [7, 11) is 1.82. The summed E-state index contributed by atoms with van der Waals surface area (Å²) in [6.07, 6.45) is 2.64. The summed E-state index contributed by atoms with van der Waals surface area (Å²) < 4.78 is 2.47. The van der Waals surface area contributed by atoms with Crippen molar-refractivity contribution in [2.75, 3.05) is 5.32 Å². The van der Waals surface area contributed by atoms with E-state index in [1.165, 1.54) is 0 Å². The lowest BCUT2D eigenvalue weighted by molar-refractivity contribution is -0.110. The van der Waals surface area contributed by atoms with Gasteiger partial charge >= 0.3 is 0 Å². The topological polar surface area (TPSA) is 79.5 Å². The number of hydrogen-bond acceptors (Lipinski definition) is 4. The molecule has 2 rings (SSSR count). The number of oxime groups is 1. The first kappa shape index (κ1) is 11.6. The van der Waals surface area contributed by atoms with E-state index in [1.807, 2.05) is 13.2 Å². The minimum Gasteiger partial charge on any atom is -0.411 e. The van der Waals surface area contributed by atoms with Gasteiger partial charge in [-0.1, -0.05) is 5.16 Å². The van der Waals surface area contributed by atoms with Crippen molar-refractivity contribution in [3.05, 3.63) is 22.8 Å². The highest BCUT2D eigenvalue weighted by molar-refractivity contribution is 9.10. The van der Waals surface area contributed by atoms with Gasteiger partial charge in [0.1, 0.15) is 11.7 Å². The number of hydrogen-bond donors (Lipinski definition) is 2. The maximum Gasteiger partial charge on any atom is 0.270 e. The molecular formula is C10H9BrN4O2. The predicted molar refractivity (Wildman–Crippen MR) is 67.3 cm³/mol. The van der Waals surface area contributed by atoms with E-state index >= 15 is 0 Å². The molecule has 1 aromatic carbocycles. The number of nitrogens with zero attached hydrogens (tertiary/aromatic N) is 3. The second kappa shape index (κ2) is 4.54. The van der Waals surface area contributed by atoms with Crippen LogP contribution in [0.15, 0.2) is 28.0 Å². The molecule has 0 radical (unpaired) electrons. The quantitative estimate of drug-likeness (QED) is 0.503. The molecule has 0 spiro atoms. The smallest absolute Gasteiger partial charge is 0.270 e. The number of amides is 1. The first-order valence-corrected chi connectivity index (χ1v) is 5.51. The second-order valence-electron chi connectivity index (χ2n) is 3.43. The lowest BCUT2D eigenvalue weighted by Gasteiger charge is -2.02. The number of anilines is 1. The van der Waals surface area contributed by atoms with Crippen LogP contribution in [0.2, 0.25) is 0 Å². The van der Waals surface area contributed by atoms with Gasteiger partial charge in [-0.15, -0.1) is 0 Å². The van der Waals surface area contributed by atoms with Crippen LogP contribution in [0.1, 0.15) is 0 Å². The molecule has 2 N–H and O–H groups in total. The van der Waals surface area contributed by atoms with Crippen LogP contribution in [0.5, 0.6) is 0 Å². The minimum atomic E-state index is -0.498. The summed E-state index contributed by atoms with van der Waals surface area (Å²) in [6, 6.07) is 3.52. The van der Waals surface area contributed by atoms with Crippen LogP contribution < -0.4 is 5.32 Å². The average Bonchev–Trinajstić information content (AvgIpc) is 2.59. The van der Waals surface area contributed by atoms with E-state index < -0.39 is 5.91 Å². The Hall–Kier alpha value is -1.89. The van der Waals surface area contributed by atoms with Crippen molar-refractivity contribution in [1.82, 2.24) is 9.78 Å². The fraction of sp³-hybridized carbons (Fsp3) is 0.100. The summed E-state index contributed by atoms with van der Waals surface area (Å²) >= 11 is 3.38. The Kier molecular flexibility index (Phi) is 3.10. The normalized spacial score (nSPS) is 11.2. The fourth-order valence-corrected chi connectivity index (χ4v) is 2.07. The highest BCUT2D eigenvalue weighted by atomic mass is 79.9. The highest BCUT2D eigenvalue weighted by Gasteiger charge is 2.07. The predicted octanol–water partition coefficient (Wildman–Crippen LogP) is 1.73. The zero-order valence-electron chi connectivity index (χ0n) is 8.88. The molecule has 88 valence electrons. The van der Waals surface area contributed by atoms with Gasteiger partial charge in [-0.2, -0.15) is 5.10 Å². The molecule has 0 aliphatic rings. The van der Waals surface area contributed by atoms with Crippen LogP contribution in [-0.2, 0) is 11.8 Å². The summed E-state index contributed by atoms with van der Waals surface area (Å²) in [4.78, 5) is 11.2. The number of nitrogens with one attached hydrogen (secondary N) is 1. The highest BCUT2D eigenvalue weighted by Crippen LogP contribution is 2.26. The van der Waals surface area contributed by atoms with Gasteiger partial charge in [0.2, 0.25) is 0 Å². The maximum atomic E-state index is 11.2. The van der Waals surface area contributed by atoms with Gasteiger partial charge < -0.3 is 10.5 Å². The molecule has 0 aliphatic carbocycles. The van der Waals surface area contributed by atoms with Gasteiger partial charge in [0.25, 0.3) is 5.91 Å². The zero-order chi connectivity index (χ0) is 12.4. The molecule has 0 fully saturated rings. The van der Waals surface area contributed by atoms with E-state index in [2.05, 4.69) is 31.5 Å². The van der Waals surface area contributed by atoms with E-state index in [0.29, 0.717) is 5.69 Å². The number of fused-ring (bicyclic) bond motifs is 1.